The van der Waals surface area contributed by atoms with Gasteiger partial charge in [0.25, 0.3) is 0 Å². The molecule has 0 spiro atoms. The number of hydrogen-bond acceptors (Lipinski definition) is 3. The predicted octanol–water partition coefficient (Wildman–Crippen LogP) is 2.22. The molecule has 1 saturated heterocycles. The number of benzene rings is 2. The van der Waals surface area contributed by atoms with E-state index in [2.05, 4.69) is 40.5 Å². The van der Waals surface area contributed by atoms with E-state index < -0.39 is 0 Å². The Labute approximate surface area is 108 Å². The average Bonchev–Trinajstić information content (AvgIpc) is 2.67. The Kier molecular flexibility index (Phi) is 3.07. The molecule has 1 aliphatic rings. The molecule has 2 aromatic carbocycles. The highest BCUT2D eigenvalue weighted by Gasteiger charge is 2.11. The summed E-state index contributed by atoms with van der Waals surface area (Å²) in [4.78, 5) is 2.42. The maximum atomic E-state index is 6.16. The van der Waals surface area contributed by atoms with Gasteiger partial charge in [-0.3, -0.25) is 0 Å². The third-order valence-corrected chi connectivity index (χ3v) is 3.58. The van der Waals surface area contributed by atoms with E-state index in [0.717, 1.165) is 37.3 Å². The number of anilines is 2. The Hall–Kier alpha value is -1.74. The van der Waals surface area contributed by atoms with Crippen molar-refractivity contribution in [3.63, 3.8) is 0 Å². The summed E-state index contributed by atoms with van der Waals surface area (Å²) in [6.07, 6.45) is 1.19. The Morgan fingerprint density at radius 1 is 1.06 bits per heavy atom. The third-order valence-electron chi connectivity index (χ3n) is 3.58. The molecule has 0 amide bonds. The van der Waals surface area contributed by atoms with Crippen molar-refractivity contribution < 1.29 is 0 Å². The average molecular weight is 241 g/mol. The van der Waals surface area contributed by atoms with Crippen LogP contribution in [-0.2, 0) is 0 Å². The minimum Gasteiger partial charge on any atom is -0.398 e. The molecule has 1 heterocycles. The molecule has 1 aliphatic heterocycles. The second-order valence-electron chi connectivity index (χ2n) is 4.85. The Bertz CT molecular complexity index is 542. The predicted molar refractivity (Wildman–Crippen MR) is 78.1 cm³/mol. The van der Waals surface area contributed by atoms with Crippen LogP contribution >= 0.6 is 0 Å². The van der Waals surface area contributed by atoms with E-state index in [9.17, 15) is 0 Å². The molecule has 3 N–H and O–H groups in total. The molecular formula is C15H19N3. The zero-order valence-corrected chi connectivity index (χ0v) is 10.5. The van der Waals surface area contributed by atoms with Gasteiger partial charge in [-0.1, -0.05) is 24.3 Å². The summed E-state index contributed by atoms with van der Waals surface area (Å²) in [6, 6.07) is 12.7. The van der Waals surface area contributed by atoms with Gasteiger partial charge in [-0.25, -0.2) is 0 Å². The summed E-state index contributed by atoms with van der Waals surface area (Å²) in [5, 5.41) is 5.80. The molecule has 94 valence electrons. The Balaban J connectivity index is 2.01. The first kappa shape index (κ1) is 11.4. The molecule has 18 heavy (non-hydrogen) atoms. The smallest absolute Gasteiger partial charge is 0.0414 e. The van der Waals surface area contributed by atoms with Crippen molar-refractivity contribution in [3.05, 3.63) is 36.4 Å². The summed E-state index contributed by atoms with van der Waals surface area (Å²) in [7, 11) is 0. The monoisotopic (exact) mass is 241 g/mol. The molecule has 3 heteroatoms. The SMILES string of the molecule is Nc1cc(N2CCCNCC2)cc2ccccc12. The molecule has 3 nitrogen and oxygen atoms in total. The summed E-state index contributed by atoms with van der Waals surface area (Å²) in [6.45, 7) is 4.31. The van der Waals surface area contributed by atoms with Crippen LogP contribution < -0.4 is 16.0 Å². The molecule has 0 bridgehead atoms. The molecule has 3 rings (SSSR count). The van der Waals surface area contributed by atoms with Gasteiger partial charge in [-0.2, -0.15) is 0 Å². The highest BCUT2D eigenvalue weighted by Crippen LogP contribution is 2.28. The molecule has 0 atom stereocenters. The van der Waals surface area contributed by atoms with Gasteiger partial charge >= 0.3 is 0 Å². The van der Waals surface area contributed by atoms with Gasteiger partial charge in [0.2, 0.25) is 0 Å². The third kappa shape index (κ3) is 2.14. The fraction of sp³-hybridized carbons (Fsp3) is 0.333. The van der Waals surface area contributed by atoms with Crippen LogP contribution in [-0.4, -0.2) is 26.2 Å². The van der Waals surface area contributed by atoms with Crippen LogP contribution in [0.4, 0.5) is 11.4 Å². The van der Waals surface area contributed by atoms with Crippen LogP contribution in [0.15, 0.2) is 36.4 Å². The molecule has 1 fully saturated rings. The second kappa shape index (κ2) is 4.86. The molecule has 0 aromatic heterocycles. The highest BCUT2D eigenvalue weighted by atomic mass is 15.2. The molecule has 0 saturated carbocycles. The zero-order chi connectivity index (χ0) is 12.4. The van der Waals surface area contributed by atoms with Crippen molar-refractivity contribution in [2.45, 2.75) is 6.42 Å². The standard InChI is InChI=1S/C15H19N3/c16-15-11-13(18-8-3-6-17-7-9-18)10-12-4-1-2-5-14(12)15/h1-2,4-5,10-11,17H,3,6-9,16H2. The van der Waals surface area contributed by atoms with Crippen LogP contribution in [0.2, 0.25) is 0 Å². The summed E-state index contributed by atoms with van der Waals surface area (Å²) in [5.74, 6) is 0. The topological polar surface area (TPSA) is 41.3 Å². The van der Waals surface area contributed by atoms with Gasteiger partial charge in [-0.15, -0.1) is 0 Å². The first-order valence-corrected chi connectivity index (χ1v) is 6.58. The minimum atomic E-state index is 0.875. The van der Waals surface area contributed by atoms with E-state index in [-0.39, 0.29) is 0 Å². The van der Waals surface area contributed by atoms with Gasteiger partial charge in [0.1, 0.15) is 0 Å². The van der Waals surface area contributed by atoms with Crippen molar-refractivity contribution in [1.82, 2.24) is 5.32 Å². The van der Waals surface area contributed by atoms with E-state index >= 15 is 0 Å². The van der Waals surface area contributed by atoms with E-state index in [1.54, 1.807) is 0 Å². The minimum absolute atomic E-state index is 0.875. The van der Waals surface area contributed by atoms with Crippen molar-refractivity contribution in [2.75, 3.05) is 36.8 Å². The molecule has 0 radical (unpaired) electrons. The number of rotatable bonds is 1. The fourth-order valence-electron chi connectivity index (χ4n) is 2.61. The largest absolute Gasteiger partial charge is 0.398 e. The molecular weight excluding hydrogens is 222 g/mol. The summed E-state index contributed by atoms with van der Waals surface area (Å²) < 4.78 is 0. The number of nitrogens with zero attached hydrogens (tertiary/aromatic N) is 1. The van der Waals surface area contributed by atoms with Gasteiger partial charge in [0.05, 0.1) is 0 Å². The first-order valence-electron chi connectivity index (χ1n) is 6.58. The van der Waals surface area contributed by atoms with Crippen molar-refractivity contribution in [2.24, 2.45) is 0 Å². The molecule has 0 aliphatic carbocycles. The van der Waals surface area contributed by atoms with E-state index in [1.807, 2.05) is 6.07 Å². The fourth-order valence-corrected chi connectivity index (χ4v) is 2.61. The lowest BCUT2D eigenvalue weighted by atomic mass is 10.1. The number of nitrogens with two attached hydrogens (primary N) is 1. The zero-order valence-electron chi connectivity index (χ0n) is 10.5. The lowest BCUT2D eigenvalue weighted by Gasteiger charge is -2.23. The molecule has 0 unspecified atom stereocenters. The van der Waals surface area contributed by atoms with Crippen LogP contribution in [0.25, 0.3) is 10.8 Å². The van der Waals surface area contributed by atoms with Crippen molar-refractivity contribution in [3.8, 4) is 0 Å². The van der Waals surface area contributed by atoms with Gasteiger partial charge in [0.15, 0.2) is 0 Å². The van der Waals surface area contributed by atoms with Crippen LogP contribution in [0.1, 0.15) is 6.42 Å². The number of nitrogens with one attached hydrogen (secondary N) is 1. The quantitative estimate of drug-likeness (QED) is 0.752. The van der Waals surface area contributed by atoms with E-state index in [0.29, 0.717) is 0 Å². The lowest BCUT2D eigenvalue weighted by Crippen LogP contribution is -2.27. The normalized spacial score (nSPS) is 16.8. The Morgan fingerprint density at radius 2 is 1.94 bits per heavy atom. The van der Waals surface area contributed by atoms with Crippen molar-refractivity contribution >= 4 is 22.1 Å². The van der Waals surface area contributed by atoms with Gasteiger partial charge in [0, 0.05) is 36.4 Å². The lowest BCUT2D eigenvalue weighted by molar-refractivity contribution is 0.724. The van der Waals surface area contributed by atoms with E-state index in [4.69, 9.17) is 5.73 Å². The molecule has 2 aromatic rings. The first-order chi connectivity index (χ1) is 8.84. The maximum Gasteiger partial charge on any atom is 0.0414 e. The number of hydrogen-bond donors (Lipinski definition) is 2. The second-order valence-corrected chi connectivity index (χ2v) is 4.85. The Morgan fingerprint density at radius 3 is 2.89 bits per heavy atom. The summed E-state index contributed by atoms with van der Waals surface area (Å²) in [5.41, 5.74) is 8.28. The van der Waals surface area contributed by atoms with Crippen molar-refractivity contribution in [1.29, 1.82) is 0 Å². The van der Waals surface area contributed by atoms with Gasteiger partial charge in [-0.05, 0) is 30.5 Å². The maximum absolute atomic E-state index is 6.16. The van der Waals surface area contributed by atoms with E-state index in [1.165, 1.54) is 17.5 Å². The van der Waals surface area contributed by atoms with Gasteiger partial charge < -0.3 is 16.0 Å². The summed E-state index contributed by atoms with van der Waals surface area (Å²) >= 11 is 0. The van der Waals surface area contributed by atoms with Crippen LogP contribution in [0, 0.1) is 0 Å². The van der Waals surface area contributed by atoms with Crippen LogP contribution in [0.3, 0.4) is 0 Å². The number of nitrogen functional groups attached to an aromatic ring is 1. The highest BCUT2D eigenvalue weighted by molar-refractivity contribution is 5.95. The van der Waals surface area contributed by atoms with Crippen LogP contribution in [0.5, 0.6) is 0 Å². The number of fused-ring (bicyclic) bond motifs is 1.